The first-order chi connectivity index (χ1) is 8.27. The lowest BCUT2D eigenvalue weighted by molar-refractivity contribution is 0.0754. The van der Waals surface area contributed by atoms with Gasteiger partial charge in [0.05, 0.1) is 6.61 Å². The molecular formula is C14H20O3. The van der Waals surface area contributed by atoms with Gasteiger partial charge >= 0.3 is 0 Å². The smallest absolute Gasteiger partial charge is 0.188 e. The number of rotatable bonds is 8. The van der Waals surface area contributed by atoms with Gasteiger partial charge in [0.15, 0.2) is 5.78 Å². The van der Waals surface area contributed by atoms with Gasteiger partial charge in [-0.2, -0.15) is 0 Å². The summed E-state index contributed by atoms with van der Waals surface area (Å²) in [6.07, 6.45) is 2.08. The predicted octanol–water partition coefficient (Wildman–Crippen LogP) is 3.08. The number of carbonyl (C=O) groups is 1. The van der Waals surface area contributed by atoms with Gasteiger partial charge < -0.3 is 9.47 Å². The monoisotopic (exact) mass is 236 g/mol. The molecule has 0 heterocycles. The molecule has 0 saturated heterocycles. The molecular weight excluding hydrogens is 216 g/mol. The molecule has 0 fully saturated rings. The van der Waals surface area contributed by atoms with E-state index < -0.39 is 0 Å². The van der Waals surface area contributed by atoms with E-state index in [1.807, 2.05) is 19.1 Å². The van der Waals surface area contributed by atoms with Crippen molar-refractivity contribution < 1.29 is 14.3 Å². The first kappa shape index (κ1) is 13.7. The molecule has 0 saturated carbocycles. The second-order valence-corrected chi connectivity index (χ2v) is 3.79. The topological polar surface area (TPSA) is 35.5 Å². The molecule has 0 bridgehead atoms. The molecule has 1 aromatic carbocycles. The molecule has 0 amide bonds. The molecule has 0 unspecified atom stereocenters. The zero-order valence-electron chi connectivity index (χ0n) is 10.6. The fraction of sp³-hybridized carbons (Fsp3) is 0.500. The van der Waals surface area contributed by atoms with Crippen LogP contribution in [0.1, 0.15) is 37.0 Å². The second kappa shape index (κ2) is 7.85. The minimum absolute atomic E-state index is 0.0177. The zero-order valence-corrected chi connectivity index (χ0v) is 10.6. The van der Waals surface area contributed by atoms with Crippen molar-refractivity contribution in [2.75, 3.05) is 19.8 Å². The summed E-state index contributed by atoms with van der Waals surface area (Å²) in [5, 5.41) is 0. The van der Waals surface area contributed by atoms with Gasteiger partial charge in [-0.15, -0.1) is 0 Å². The van der Waals surface area contributed by atoms with Crippen molar-refractivity contribution in [1.82, 2.24) is 0 Å². The molecule has 0 spiro atoms. The average molecular weight is 236 g/mol. The van der Waals surface area contributed by atoms with Gasteiger partial charge in [-0.3, -0.25) is 4.79 Å². The summed E-state index contributed by atoms with van der Waals surface area (Å²) in [5.41, 5.74) is 0.671. The maximum absolute atomic E-state index is 11.7. The predicted molar refractivity (Wildman–Crippen MR) is 67.7 cm³/mol. The van der Waals surface area contributed by atoms with Crippen LogP contribution in [0, 0.1) is 0 Å². The molecule has 0 N–H and O–H groups in total. The highest BCUT2D eigenvalue weighted by Crippen LogP contribution is 2.12. The molecule has 1 aromatic rings. The van der Waals surface area contributed by atoms with E-state index in [-0.39, 0.29) is 12.4 Å². The number of ketones is 1. The van der Waals surface area contributed by atoms with Crippen LogP contribution in [0.2, 0.25) is 0 Å². The van der Waals surface area contributed by atoms with Crippen LogP contribution in [0.25, 0.3) is 0 Å². The summed E-state index contributed by atoms with van der Waals surface area (Å²) < 4.78 is 10.6. The Bertz CT molecular complexity index is 330. The quantitative estimate of drug-likeness (QED) is 0.514. The van der Waals surface area contributed by atoms with Gasteiger partial charge in [0.1, 0.15) is 12.4 Å². The lowest BCUT2D eigenvalue weighted by Crippen LogP contribution is -2.09. The molecule has 0 atom stereocenters. The maximum atomic E-state index is 11.7. The molecule has 0 aliphatic heterocycles. The third-order valence-electron chi connectivity index (χ3n) is 2.36. The Morgan fingerprint density at radius 1 is 1.18 bits per heavy atom. The van der Waals surface area contributed by atoms with Crippen LogP contribution < -0.4 is 4.74 Å². The Balaban J connectivity index is 2.40. The number of ether oxygens (including phenoxy) is 2. The van der Waals surface area contributed by atoms with Gasteiger partial charge in [-0.05, 0) is 37.6 Å². The lowest BCUT2D eigenvalue weighted by atomic mass is 10.1. The van der Waals surface area contributed by atoms with E-state index in [0.29, 0.717) is 18.8 Å². The van der Waals surface area contributed by atoms with Crippen LogP contribution in [0.3, 0.4) is 0 Å². The lowest BCUT2D eigenvalue weighted by Gasteiger charge is -2.05. The summed E-state index contributed by atoms with van der Waals surface area (Å²) in [4.78, 5) is 11.7. The summed E-state index contributed by atoms with van der Waals surface area (Å²) in [7, 11) is 0. The zero-order chi connectivity index (χ0) is 12.5. The maximum Gasteiger partial charge on any atom is 0.188 e. The largest absolute Gasteiger partial charge is 0.494 e. The summed E-state index contributed by atoms with van der Waals surface area (Å²) >= 11 is 0. The molecule has 0 aliphatic rings. The molecule has 1 rings (SSSR count). The molecule has 0 radical (unpaired) electrons. The van der Waals surface area contributed by atoms with Crippen LogP contribution in [-0.2, 0) is 4.74 Å². The van der Waals surface area contributed by atoms with Crippen molar-refractivity contribution in [1.29, 1.82) is 0 Å². The fourth-order valence-corrected chi connectivity index (χ4v) is 1.40. The molecule has 0 aliphatic carbocycles. The Morgan fingerprint density at radius 2 is 1.88 bits per heavy atom. The number of Topliss-reactive ketones (excluding diaryl/α,β-unsaturated/α-hetero) is 1. The second-order valence-electron chi connectivity index (χ2n) is 3.79. The minimum atomic E-state index is 0.0177. The van der Waals surface area contributed by atoms with E-state index in [4.69, 9.17) is 9.47 Å². The Morgan fingerprint density at radius 3 is 2.47 bits per heavy atom. The van der Waals surface area contributed by atoms with E-state index in [2.05, 4.69) is 6.92 Å². The van der Waals surface area contributed by atoms with Crippen LogP contribution >= 0.6 is 0 Å². The van der Waals surface area contributed by atoms with E-state index >= 15 is 0 Å². The van der Waals surface area contributed by atoms with E-state index in [1.54, 1.807) is 12.1 Å². The number of carbonyl (C=O) groups excluding carboxylic acids is 1. The third-order valence-corrected chi connectivity index (χ3v) is 2.36. The van der Waals surface area contributed by atoms with Crippen LogP contribution in [0.5, 0.6) is 5.75 Å². The standard InChI is InChI=1S/C14H20O3/c1-3-5-10-16-11-14(15)12-6-8-13(9-7-12)17-4-2/h6-9H,3-5,10-11H2,1-2H3. The van der Waals surface area contributed by atoms with Crippen molar-refractivity contribution >= 4 is 5.78 Å². The molecule has 3 nitrogen and oxygen atoms in total. The SMILES string of the molecule is CCCCOCC(=O)c1ccc(OCC)cc1. The molecule has 3 heteroatoms. The Hall–Kier alpha value is -1.35. The summed E-state index contributed by atoms with van der Waals surface area (Å²) in [6, 6.07) is 7.17. The first-order valence-electron chi connectivity index (χ1n) is 6.11. The van der Waals surface area contributed by atoms with E-state index in [9.17, 15) is 4.79 Å². The minimum Gasteiger partial charge on any atom is -0.494 e. The third kappa shape index (κ3) is 5.00. The van der Waals surface area contributed by atoms with Gasteiger partial charge in [0.2, 0.25) is 0 Å². The van der Waals surface area contributed by atoms with Crippen molar-refractivity contribution in [3.05, 3.63) is 29.8 Å². The van der Waals surface area contributed by atoms with Gasteiger partial charge in [-0.1, -0.05) is 13.3 Å². The molecule has 17 heavy (non-hydrogen) atoms. The van der Waals surface area contributed by atoms with Crippen molar-refractivity contribution in [3.63, 3.8) is 0 Å². The van der Waals surface area contributed by atoms with Crippen LogP contribution in [0.15, 0.2) is 24.3 Å². The highest BCUT2D eigenvalue weighted by atomic mass is 16.5. The van der Waals surface area contributed by atoms with Crippen molar-refractivity contribution in [3.8, 4) is 5.75 Å². The molecule has 94 valence electrons. The van der Waals surface area contributed by atoms with Crippen LogP contribution in [-0.4, -0.2) is 25.6 Å². The highest BCUT2D eigenvalue weighted by molar-refractivity contribution is 5.97. The number of hydrogen-bond donors (Lipinski definition) is 0. The number of unbranched alkanes of at least 4 members (excludes halogenated alkanes) is 1. The first-order valence-corrected chi connectivity index (χ1v) is 6.11. The van der Waals surface area contributed by atoms with Crippen molar-refractivity contribution in [2.45, 2.75) is 26.7 Å². The van der Waals surface area contributed by atoms with E-state index in [0.717, 1.165) is 18.6 Å². The van der Waals surface area contributed by atoms with Gasteiger partial charge in [-0.25, -0.2) is 0 Å². The summed E-state index contributed by atoms with van der Waals surface area (Å²) in [6.45, 7) is 5.47. The fourth-order valence-electron chi connectivity index (χ4n) is 1.40. The van der Waals surface area contributed by atoms with Crippen molar-refractivity contribution in [2.24, 2.45) is 0 Å². The van der Waals surface area contributed by atoms with E-state index in [1.165, 1.54) is 0 Å². The average Bonchev–Trinajstić information content (AvgIpc) is 2.36. The highest BCUT2D eigenvalue weighted by Gasteiger charge is 2.05. The number of hydrogen-bond acceptors (Lipinski definition) is 3. The Kier molecular flexibility index (Phi) is 6.33. The normalized spacial score (nSPS) is 10.2. The van der Waals surface area contributed by atoms with Gasteiger partial charge in [0, 0.05) is 12.2 Å². The Labute approximate surface area is 103 Å². The molecule has 0 aromatic heterocycles. The van der Waals surface area contributed by atoms with Gasteiger partial charge in [0.25, 0.3) is 0 Å². The number of benzene rings is 1. The summed E-state index contributed by atoms with van der Waals surface area (Å²) in [5.74, 6) is 0.806. The van der Waals surface area contributed by atoms with Crippen LogP contribution in [0.4, 0.5) is 0 Å².